The Kier molecular flexibility index (Phi) is 6.45. The van der Waals surface area contributed by atoms with Gasteiger partial charge in [-0.05, 0) is 30.6 Å². The summed E-state index contributed by atoms with van der Waals surface area (Å²) in [5.41, 5.74) is 0. The predicted octanol–water partition coefficient (Wildman–Crippen LogP) is 1.50. The van der Waals surface area contributed by atoms with Gasteiger partial charge >= 0.3 is 0 Å². The van der Waals surface area contributed by atoms with Gasteiger partial charge < -0.3 is 5.32 Å². The quantitative estimate of drug-likeness (QED) is 0.781. The standard InChI is InChI=1S/C14H28N2O3S/c1-10(2)12-6-5-11(3)9-13(12)16-14(17)7-8-15-20(4,18)19/h10-13,15H,5-9H2,1-4H3,(H,16,17)/t11-,12-,13-/m1/s1. The normalized spacial score (nSPS) is 27.6. The molecule has 1 rings (SSSR count). The number of rotatable bonds is 6. The zero-order chi connectivity index (χ0) is 15.3. The molecule has 0 aromatic heterocycles. The number of carbonyl (C=O) groups is 1. The van der Waals surface area contributed by atoms with Crippen LogP contribution in [0.15, 0.2) is 0 Å². The van der Waals surface area contributed by atoms with E-state index in [2.05, 4.69) is 30.8 Å². The molecule has 5 nitrogen and oxygen atoms in total. The molecule has 0 unspecified atom stereocenters. The highest BCUT2D eigenvalue weighted by atomic mass is 32.2. The van der Waals surface area contributed by atoms with Gasteiger partial charge in [-0.3, -0.25) is 4.79 Å². The van der Waals surface area contributed by atoms with Crippen molar-refractivity contribution < 1.29 is 13.2 Å². The fraction of sp³-hybridized carbons (Fsp3) is 0.929. The zero-order valence-electron chi connectivity index (χ0n) is 13.0. The predicted molar refractivity (Wildman–Crippen MR) is 80.7 cm³/mol. The highest BCUT2D eigenvalue weighted by molar-refractivity contribution is 7.88. The second kappa shape index (κ2) is 7.41. The third kappa shape index (κ3) is 6.22. The third-order valence-electron chi connectivity index (χ3n) is 4.08. The summed E-state index contributed by atoms with van der Waals surface area (Å²) in [6, 6.07) is 0.226. The average molecular weight is 304 g/mol. The number of carbonyl (C=O) groups excluding carboxylic acids is 1. The van der Waals surface area contributed by atoms with Gasteiger partial charge in [0.15, 0.2) is 0 Å². The molecular formula is C14H28N2O3S. The van der Waals surface area contributed by atoms with Gasteiger partial charge in [0.25, 0.3) is 0 Å². The van der Waals surface area contributed by atoms with Crippen molar-refractivity contribution in [3.05, 3.63) is 0 Å². The number of amides is 1. The van der Waals surface area contributed by atoms with Crippen LogP contribution in [-0.2, 0) is 14.8 Å². The van der Waals surface area contributed by atoms with Crippen molar-refractivity contribution in [1.82, 2.24) is 10.0 Å². The first-order valence-electron chi connectivity index (χ1n) is 7.43. The van der Waals surface area contributed by atoms with Gasteiger partial charge in [-0.2, -0.15) is 0 Å². The minimum Gasteiger partial charge on any atom is -0.353 e. The Morgan fingerprint density at radius 3 is 2.50 bits per heavy atom. The van der Waals surface area contributed by atoms with Crippen LogP contribution in [-0.4, -0.2) is 33.2 Å². The molecular weight excluding hydrogens is 276 g/mol. The number of hydrogen-bond donors (Lipinski definition) is 2. The van der Waals surface area contributed by atoms with Crippen molar-refractivity contribution in [1.29, 1.82) is 0 Å². The number of hydrogen-bond acceptors (Lipinski definition) is 3. The van der Waals surface area contributed by atoms with Crippen LogP contribution in [0.2, 0.25) is 0 Å². The summed E-state index contributed by atoms with van der Waals surface area (Å²) < 4.78 is 24.2. The molecule has 1 fully saturated rings. The summed E-state index contributed by atoms with van der Waals surface area (Å²) in [6.07, 6.45) is 4.70. The first kappa shape index (κ1) is 17.4. The maximum Gasteiger partial charge on any atom is 0.221 e. The van der Waals surface area contributed by atoms with E-state index in [-0.39, 0.29) is 24.9 Å². The summed E-state index contributed by atoms with van der Waals surface area (Å²) in [6.45, 7) is 6.79. The number of sulfonamides is 1. The summed E-state index contributed by atoms with van der Waals surface area (Å²) in [7, 11) is -3.22. The molecule has 0 aliphatic heterocycles. The fourth-order valence-electron chi connectivity index (χ4n) is 3.00. The SMILES string of the molecule is CC(C)[C@H]1CC[C@@H](C)C[C@H]1NC(=O)CCNS(C)(=O)=O. The lowest BCUT2D eigenvalue weighted by Crippen LogP contribution is -2.46. The minimum absolute atomic E-state index is 0.0640. The lowest BCUT2D eigenvalue weighted by atomic mass is 9.74. The minimum atomic E-state index is -3.22. The third-order valence-corrected chi connectivity index (χ3v) is 4.81. The summed E-state index contributed by atoms with van der Waals surface area (Å²) in [5.74, 6) is 1.66. The molecule has 0 spiro atoms. The molecule has 20 heavy (non-hydrogen) atoms. The van der Waals surface area contributed by atoms with E-state index in [1.807, 2.05) is 0 Å². The molecule has 0 aromatic rings. The van der Waals surface area contributed by atoms with Gasteiger partial charge in [0.1, 0.15) is 0 Å². The van der Waals surface area contributed by atoms with E-state index >= 15 is 0 Å². The Bertz CT molecular complexity index is 420. The molecule has 1 saturated carbocycles. The molecule has 1 amide bonds. The molecule has 2 N–H and O–H groups in total. The van der Waals surface area contributed by atoms with E-state index in [1.54, 1.807) is 0 Å². The highest BCUT2D eigenvalue weighted by Gasteiger charge is 2.31. The summed E-state index contributed by atoms with van der Waals surface area (Å²) in [4.78, 5) is 11.9. The van der Waals surface area contributed by atoms with Crippen molar-refractivity contribution in [3.63, 3.8) is 0 Å². The molecule has 1 aliphatic carbocycles. The smallest absolute Gasteiger partial charge is 0.221 e. The van der Waals surface area contributed by atoms with E-state index in [0.29, 0.717) is 17.8 Å². The molecule has 0 saturated heterocycles. The van der Waals surface area contributed by atoms with E-state index in [0.717, 1.165) is 19.1 Å². The second-order valence-electron chi connectivity index (χ2n) is 6.42. The summed E-state index contributed by atoms with van der Waals surface area (Å²) >= 11 is 0. The molecule has 0 aromatic carbocycles. The second-order valence-corrected chi connectivity index (χ2v) is 8.25. The van der Waals surface area contributed by atoms with Crippen LogP contribution in [0.25, 0.3) is 0 Å². The molecule has 0 bridgehead atoms. The van der Waals surface area contributed by atoms with E-state index < -0.39 is 10.0 Å². The van der Waals surface area contributed by atoms with Crippen molar-refractivity contribution in [2.24, 2.45) is 17.8 Å². The zero-order valence-corrected chi connectivity index (χ0v) is 13.8. The number of nitrogens with one attached hydrogen (secondary N) is 2. The molecule has 1 aliphatic rings. The first-order chi connectivity index (χ1) is 9.19. The largest absolute Gasteiger partial charge is 0.353 e. The lowest BCUT2D eigenvalue weighted by molar-refractivity contribution is -0.122. The Morgan fingerprint density at radius 1 is 1.30 bits per heavy atom. The Morgan fingerprint density at radius 2 is 1.95 bits per heavy atom. The highest BCUT2D eigenvalue weighted by Crippen LogP contribution is 2.33. The van der Waals surface area contributed by atoms with Gasteiger partial charge in [0.2, 0.25) is 15.9 Å². The van der Waals surface area contributed by atoms with Crippen LogP contribution in [0.3, 0.4) is 0 Å². The molecule has 0 heterocycles. The van der Waals surface area contributed by atoms with Crippen molar-refractivity contribution in [2.75, 3.05) is 12.8 Å². The Balaban J connectivity index is 2.45. The van der Waals surface area contributed by atoms with E-state index in [1.165, 1.54) is 6.42 Å². The van der Waals surface area contributed by atoms with Gasteiger partial charge in [-0.1, -0.05) is 27.2 Å². The van der Waals surface area contributed by atoms with Crippen LogP contribution in [0.5, 0.6) is 0 Å². The van der Waals surface area contributed by atoms with Crippen LogP contribution in [0.4, 0.5) is 0 Å². The first-order valence-corrected chi connectivity index (χ1v) is 9.32. The van der Waals surface area contributed by atoms with Crippen LogP contribution in [0, 0.1) is 17.8 Å². The Labute approximate surface area is 122 Å². The maximum atomic E-state index is 11.9. The topological polar surface area (TPSA) is 75.3 Å². The molecule has 0 radical (unpaired) electrons. The fourth-order valence-corrected chi connectivity index (χ4v) is 3.47. The van der Waals surface area contributed by atoms with Crippen molar-refractivity contribution in [3.8, 4) is 0 Å². The Hall–Kier alpha value is -0.620. The lowest BCUT2D eigenvalue weighted by Gasteiger charge is -2.37. The van der Waals surface area contributed by atoms with Crippen LogP contribution < -0.4 is 10.0 Å². The van der Waals surface area contributed by atoms with E-state index in [9.17, 15) is 13.2 Å². The van der Waals surface area contributed by atoms with Gasteiger partial charge in [0.05, 0.1) is 6.26 Å². The molecule has 3 atom stereocenters. The molecule has 6 heteroatoms. The van der Waals surface area contributed by atoms with Crippen LogP contribution >= 0.6 is 0 Å². The van der Waals surface area contributed by atoms with Gasteiger partial charge in [-0.25, -0.2) is 13.1 Å². The summed E-state index contributed by atoms with van der Waals surface area (Å²) in [5, 5.41) is 3.09. The van der Waals surface area contributed by atoms with Crippen LogP contribution in [0.1, 0.15) is 46.5 Å². The van der Waals surface area contributed by atoms with Gasteiger partial charge in [0, 0.05) is 19.0 Å². The monoisotopic (exact) mass is 304 g/mol. The van der Waals surface area contributed by atoms with Crippen molar-refractivity contribution in [2.45, 2.75) is 52.5 Å². The molecule has 118 valence electrons. The van der Waals surface area contributed by atoms with Crippen molar-refractivity contribution >= 4 is 15.9 Å². The van der Waals surface area contributed by atoms with Gasteiger partial charge in [-0.15, -0.1) is 0 Å². The average Bonchev–Trinajstić information content (AvgIpc) is 2.26. The maximum absolute atomic E-state index is 11.9. The van der Waals surface area contributed by atoms with E-state index in [4.69, 9.17) is 0 Å².